The van der Waals surface area contributed by atoms with Crippen molar-refractivity contribution in [3.8, 4) is 6.19 Å². The normalized spacial score (nSPS) is 30.1. The van der Waals surface area contributed by atoms with Gasteiger partial charge in [0.1, 0.15) is 0 Å². The van der Waals surface area contributed by atoms with E-state index in [0.29, 0.717) is 0 Å². The highest BCUT2D eigenvalue weighted by Crippen LogP contribution is 2.19. The van der Waals surface area contributed by atoms with Gasteiger partial charge in [-0.25, -0.2) is 0 Å². The van der Waals surface area contributed by atoms with Gasteiger partial charge in [0, 0.05) is 7.05 Å². The van der Waals surface area contributed by atoms with Crippen LogP contribution in [0.4, 0.5) is 0 Å². The van der Waals surface area contributed by atoms with E-state index in [1.807, 2.05) is 12.2 Å². The Hall–Kier alpha value is -0.680. The minimum Gasteiger partial charge on any atom is -0.307 e. The Morgan fingerprint density at radius 2 is 2.40 bits per heavy atom. The van der Waals surface area contributed by atoms with Gasteiger partial charge in [0.05, 0.1) is 11.4 Å². The second kappa shape index (κ2) is 2.94. The van der Waals surface area contributed by atoms with E-state index in [2.05, 4.69) is 6.19 Å². The van der Waals surface area contributed by atoms with E-state index in [1.54, 1.807) is 11.9 Å². The molecule has 0 N–H and O–H groups in total. The minimum atomic E-state index is 0.112. The maximum Gasteiger partial charge on any atom is 0.179 e. The van der Waals surface area contributed by atoms with E-state index < -0.39 is 0 Å². The van der Waals surface area contributed by atoms with Gasteiger partial charge < -0.3 is 4.90 Å². The second-order valence-electron chi connectivity index (χ2n) is 2.41. The number of hydrogen-bond acceptors (Lipinski definition) is 2. The third-order valence-corrected chi connectivity index (χ3v) is 1.99. The van der Waals surface area contributed by atoms with Gasteiger partial charge in [-0.1, -0.05) is 12.2 Å². The molecule has 0 aliphatic heterocycles. The lowest BCUT2D eigenvalue weighted by molar-refractivity contribution is 0.396. The van der Waals surface area contributed by atoms with E-state index in [1.165, 1.54) is 0 Å². The van der Waals surface area contributed by atoms with Gasteiger partial charge in [-0.3, -0.25) is 0 Å². The van der Waals surface area contributed by atoms with Gasteiger partial charge in [0.2, 0.25) is 0 Å². The van der Waals surface area contributed by atoms with Gasteiger partial charge in [-0.05, 0) is 6.42 Å². The standard InChI is InChI=1S/C7H9ClN2/c1-10(5-9)7-3-2-6(8)4-7/h2-3,6-7H,4H2,1H3. The largest absolute Gasteiger partial charge is 0.307 e. The summed E-state index contributed by atoms with van der Waals surface area (Å²) in [6.07, 6.45) is 6.81. The Labute approximate surface area is 65.7 Å². The van der Waals surface area contributed by atoms with Gasteiger partial charge in [0.25, 0.3) is 0 Å². The van der Waals surface area contributed by atoms with Gasteiger partial charge >= 0.3 is 0 Å². The molecule has 10 heavy (non-hydrogen) atoms. The first-order chi connectivity index (χ1) is 4.74. The Kier molecular flexibility index (Phi) is 2.18. The number of halogens is 1. The van der Waals surface area contributed by atoms with E-state index >= 15 is 0 Å². The van der Waals surface area contributed by atoms with Crippen LogP contribution in [-0.2, 0) is 0 Å². The maximum absolute atomic E-state index is 8.48. The van der Waals surface area contributed by atoms with E-state index in [9.17, 15) is 0 Å². The highest BCUT2D eigenvalue weighted by molar-refractivity contribution is 6.22. The predicted octanol–water partition coefficient (Wildman–Crippen LogP) is 1.34. The highest BCUT2D eigenvalue weighted by atomic mass is 35.5. The van der Waals surface area contributed by atoms with Crippen molar-refractivity contribution in [2.75, 3.05) is 7.05 Å². The number of rotatable bonds is 1. The van der Waals surface area contributed by atoms with Crippen molar-refractivity contribution in [1.82, 2.24) is 4.90 Å². The summed E-state index contributed by atoms with van der Waals surface area (Å²) in [6, 6.07) is 0.215. The Morgan fingerprint density at radius 3 is 2.80 bits per heavy atom. The lowest BCUT2D eigenvalue weighted by atomic mass is 10.2. The number of nitriles is 1. The molecule has 54 valence electrons. The van der Waals surface area contributed by atoms with Crippen molar-refractivity contribution in [2.24, 2.45) is 0 Å². The van der Waals surface area contributed by atoms with E-state index in [4.69, 9.17) is 16.9 Å². The topological polar surface area (TPSA) is 27.0 Å². The van der Waals surface area contributed by atoms with Gasteiger partial charge in [-0.15, -0.1) is 11.6 Å². The molecule has 0 saturated heterocycles. The number of hydrogen-bond donors (Lipinski definition) is 0. The average Bonchev–Trinajstić information content (AvgIpc) is 2.34. The van der Waals surface area contributed by atoms with Crippen LogP contribution in [0.1, 0.15) is 6.42 Å². The molecule has 1 rings (SSSR count). The van der Waals surface area contributed by atoms with Crippen LogP contribution >= 0.6 is 11.6 Å². The summed E-state index contributed by atoms with van der Waals surface area (Å²) in [5.41, 5.74) is 0. The molecule has 1 aliphatic rings. The number of likely N-dealkylation sites (N-methyl/N-ethyl adjacent to an activating group) is 1. The molecule has 1 aliphatic carbocycles. The van der Waals surface area contributed by atoms with Gasteiger partial charge in [-0.2, -0.15) is 5.26 Å². The predicted molar refractivity (Wildman–Crippen MR) is 40.6 cm³/mol. The maximum atomic E-state index is 8.48. The van der Waals surface area contributed by atoms with Gasteiger partial charge in [0.15, 0.2) is 6.19 Å². The van der Waals surface area contributed by atoms with Crippen LogP contribution in [-0.4, -0.2) is 23.4 Å². The molecular weight excluding hydrogens is 148 g/mol. The SMILES string of the molecule is CN(C#N)C1C=CC(Cl)C1. The Balaban J connectivity index is 2.48. The molecule has 0 fully saturated rings. The second-order valence-corrected chi connectivity index (χ2v) is 2.98. The molecule has 0 radical (unpaired) electrons. The van der Waals surface area contributed by atoms with Crippen molar-refractivity contribution in [2.45, 2.75) is 17.8 Å². The van der Waals surface area contributed by atoms with E-state index in [0.717, 1.165) is 6.42 Å². The molecule has 2 nitrogen and oxygen atoms in total. The molecule has 0 spiro atoms. The molecular formula is C7H9ClN2. The summed E-state index contributed by atoms with van der Waals surface area (Å²) in [5.74, 6) is 0. The Bertz CT molecular complexity index is 183. The summed E-state index contributed by atoms with van der Waals surface area (Å²) in [7, 11) is 1.77. The summed E-state index contributed by atoms with van der Waals surface area (Å²) >= 11 is 5.79. The van der Waals surface area contributed by atoms with Crippen LogP contribution in [0, 0.1) is 11.5 Å². The fourth-order valence-electron chi connectivity index (χ4n) is 0.998. The molecule has 0 aromatic heterocycles. The zero-order valence-corrected chi connectivity index (χ0v) is 6.54. The third-order valence-electron chi connectivity index (χ3n) is 1.66. The minimum absolute atomic E-state index is 0.112. The fraction of sp³-hybridized carbons (Fsp3) is 0.571. The Morgan fingerprint density at radius 1 is 1.70 bits per heavy atom. The van der Waals surface area contributed by atoms with Crippen LogP contribution in [0.25, 0.3) is 0 Å². The highest BCUT2D eigenvalue weighted by Gasteiger charge is 2.19. The molecule has 0 heterocycles. The first kappa shape index (κ1) is 7.43. The first-order valence-corrected chi connectivity index (χ1v) is 3.62. The van der Waals surface area contributed by atoms with E-state index in [-0.39, 0.29) is 11.4 Å². The molecule has 0 bridgehead atoms. The van der Waals surface area contributed by atoms with Crippen molar-refractivity contribution in [3.05, 3.63) is 12.2 Å². The van der Waals surface area contributed by atoms with Crippen LogP contribution in [0.3, 0.4) is 0 Å². The smallest absolute Gasteiger partial charge is 0.179 e. The van der Waals surface area contributed by atoms with Crippen molar-refractivity contribution >= 4 is 11.6 Å². The van der Waals surface area contributed by atoms with Crippen LogP contribution < -0.4 is 0 Å². The lowest BCUT2D eigenvalue weighted by Crippen LogP contribution is -2.24. The number of alkyl halides is 1. The zero-order chi connectivity index (χ0) is 7.56. The molecule has 0 amide bonds. The van der Waals surface area contributed by atoms with Crippen molar-refractivity contribution < 1.29 is 0 Å². The molecule has 0 aromatic rings. The lowest BCUT2D eigenvalue weighted by Gasteiger charge is -2.15. The monoisotopic (exact) mass is 156 g/mol. The van der Waals surface area contributed by atoms with Crippen molar-refractivity contribution in [1.29, 1.82) is 5.26 Å². The fourth-order valence-corrected chi connectivity index (χ4v) is 1.26. The molecule has 2 unspecified atom stereocenters. The quantitative estimate of drug-likeness (QED) is 0.248. The average molecular weight is 157 g/mol. The summed E-state index contributed by atoms with van der Waals surface area (Å²) < 4.78 is 0. The zero-order valence-electron chi connectivity index (χ0n) is 5.79. The van der Waals surface area contributed by atoms with Crippen LogP contribution in [0.15, 0.2) is 12.2 Å². The number of nitrogens with zero attached hydrogens (tertiary/aromatic N) is 2. The molecule has 2 atom stereocenters. The molecule has 0 saturated carbocycles. The molecule has 0 aromatic carbocycles. The summed E-state index contributed by atoms with van der Waals surface area (Å²) in [5, 5.41) is 8.59. The molecule has 3 heteroatoms. The van der Waals surface area contributed by atoms with Crippen LogP contribution in [0.5, 0.6) is 0 Å². The summed E-state index contributed by atoms with van der Waals surface area (Å²) in [4.78, 5) is 1.61. The van der Waals surface area contributed by atoms with Crippen molar-refractivity contribution in [3.63, 3.8) is 0 Å². The number of allylic oxidation sites excluding steroid dienone is 1. The first-order valence-electron chi connectivity index (χ1n) is 3.19. The summed E-state index contributed by atoms with van der Waals surface area (Å²) in [6.45, 7) is 0. The third kappa shape index (κ3) is 1.43. The van der Waals surface area contributed by atoms with Crippen LogP contribution in [0.2, 0.25) is 0 Å².